The van der Waals surface area contributed by atoms with E-state index < -0.39 is 5.41 Å². The van der Waals surface area contributed by atoms with Gasteiger partial charge in [-0.05, 0) is 61.2 Å². The van der Waals surface area contributed by atoms with Crippen molar-refractivity contribution < 1.29 is 9.59 Å². The second-order valence-corrected chi connectivity index (χ2v) is 8.18. The van der Waals surface area contributed by atoms with E-state index in [0.717, 1.165) is 27.7 Å². The number of aryl methyl sites for hydroxylation is 1. The highest BCUT2D eigenvalue weighted by atomic mass is 35.5. The summed E-state index contributed by atoms with van der Waals surface area (Å²) in [6, 6.07) is 13.3. The molecule has 6 heteroatoms. The Morgan fingerprint density at radius 3 is 2.71 bits per heavy atom. The van der Waals surface area contributed by atoms with Crippen LogP contribution in [0.2, 0.25) is 5.02 Å². The number of amides is 2. The molecule has 2 amide bonds. The van der Waals surface area contributed by atoms with Gasteiger partial charge in [0.2, 0.25) is 5.91 Å². The lowest BCUT2D eigenvalue weighted by Crippen LogP contribution is -2.48. The molecular formula is C22H20ClN3O2. The van der Waals surface area contributed by atoms with E-state index in [1.165, 1.54) is 0 Å². The molecule has 1 aromatic heterocycles. The van der Waals surface area contributed by atoms with E-state index in [-0.39, 0.29) is 11.8 Å². The van der Waals surface area contributed by atoms with Crippen molar-refractivity contribution >= 4 is 40.0 Å². The van der Waals surface area contributed by atoms with Crippen molar-refractivity contribution in [3.8, 4) is 0 Å². The number of hydrogen-bond acceptors (Lipinski definition) is 2. The van der Waals surface area contributed by atoms with Crippen molar-refractivity contribution in [2.24, 2.45) is 0 Å². The quantitative estimate of drug-likeness (QED) is 0.648. The number of halogens is 1. The highest BCUT2D eigenvalue weighted by Crippen LogP contribution is 2.46. The van der Waals surface area contributed by atoms with E-state index in [0.29, 0.717) is 36.6 Å². The van der Waals surface area contributed by atoms with Crippen LogP contribution in [0.4, 0.5) is 5.69 Å². The fourth-order valence-corrected chi connectivity index (χ4v) is 4.90. The van der Waals surface area contributed by atoms with E-state index in [2.05, 4.69) is 10.3 Å². The van der Waals surface area contributed by atoms with E-state index >= 15 is 0 Å². The third-order valence-corrected chi connectivity index (χ3v) is 6.39. The van der Waals surface area contributed by atoms with Crippen molar-refractivity contribution in [3.63, 3.8) is 0 Å². The number of aromatic nitrogens is 1. The molecule has 3 heterocycles. The topological polar surface area (TPSA) is 65.2 Å². The van der Waals surface area contributed by atoms with Crippen LogP contribution >= 0.6 is 11.6 Å². The van der Waals surface area contributed by atoms with Crippen LogP contribution in [0, 0.1) is 6.92 Å². The minimum absolute atomic E-state index is 0.0365. The van der Waals surface area contributed by atoms with Crippen molar-refractivity contribution in [3.05, 3.63) is 64.3 Å². The van der Waals surface area contributed by atoms with Gasteiger partial charge in [0.25, 0.3) is 5.91 Å². The molecule has 1 fully saturated rings. The summed E-state index contributed by atoms with van der Waals surface area (Å²) in [5, 5.41) is 4.60. The van der Waals surface area contributed by atoms with Crippen LogP contribution in [0.25, 0.3) is 10.9 Å². The molecule has 0 unspecified atom stereocenters. The molecule has 0 aliphatic carbocycles. The van der Waals surface area contributed by atoms with Gasteiger partial charge >= 0.3 is 0 Å². The summed E-state index contributed by atoms with van der Waals surface area (Å²) >= 11 is 6.05. The number of H-pyrrole nitrogens is 1. The molecule has 1 saturated heterocycles. The molecule has 2 aliphatic heterocycles. The van der Waals surface area contributed by atoms with Gasteiger partial charge in [-0.15, -0.1) is 0 Å². The highest BCUT2D eigenvalue weighted by molar-refractivity contribution is 6.31. The molecule has 0 saturated carbocycles. The van der Waals surface area contributed by atoms with Crippen LogP contribution in [0.5, 0.6) is 0 Å². The second kappa shape index (κ2) is 6.11. The van der Waals surface area contributed by atoms with Gasteiger partial charge < -0.3 is 15.2 Å². The molecule has 2 aliphatic rings. The molecule has 2 N–H and O–H groups in total. The number of carbonyl (C=O) groups is 2. The van der Waals surface area contributed by atoms with Gasteiger partial charge in [-0.3, -0.25) is 9.59 Å². The molecule has 142 valence electrons. The van der Waals surface area contributed by atoms with Crippen molar-refractivity contribution in [2.45, 2.75) is 25.2 Å². The number of nitrogens with zero attached hydrogens (tertiary/aromatic N) is 1. The number of piperidine rings is 1. The Kier molecular flexibility index (Phi) is 3.78. The summed E-state index contributed by atoms with van der Waals surface area (Å²) in [7, 11) is 0. The Bertz CT molecular complexity index is 1130. The molecular weight excluding hydrogens is 374 g/mol. The average Bonchev–Trinajstić information content (AvgIpc) is 3.22. The van der Waals surface area contributed by atoms with Gasteiger partial charge in [-0.2, -0.15) is 0 Å². The van der Waals surface area contributed by atoms with Crippen LogP contribution in [0.1, 0.15) is 34.5 Å². The summed E-state index contributed by atoms with van der Waals surface area (Å²) in [6.45, 7) is 3.15. The molecule has 5 rings (SSSR count). The van der Waals surface area contributed by atoms with Crippen LogP contribution < -0.4 is 5.32 Å². The summed E-state index contributed by atoms with van der Waals surface area (Å²) in [4.78, 5) is 30.9. The van der Waals surface area contributed by atoms with Crippen LogP contribution in [0.15, 0.2) is 42.5 Å². The molecule has 5 nitrogen and oxygen atoms in total. The molecule has 1 spiro atoms. The minimum Gasteiger partial charge on any atom is -0.351 e. The Hall–Kier alpha value is -2.79. The molecule has 0 radical (unpaired) electrons. The third kappa shape index (κ3) is 2.46. The van der Waals surface area contributed by atoms with Crippen LogP contribution in [0.3, 0.4) is 0 Å². The van der Waals surface area contributed by atoms with Crippen molar-refractivity contribution in [1.82, 2.24) is 9.88 Å². The summed E-state index contributed by atoms with van der Waals surface area (Å²) in [5.74, 6) is 0.0229. The fourth-order valence-electron chi connectivity index (χ4n) is 4.72. The average molecular weight is 394 g/mol. The fraction of sp³-hybridized carbons (Fsp3) is 0.273. The number of anilines is 1. The second-order valence-electron chi connectivity index (χ2n) is 7.74. The Labute approximate surface area is 167 Å². The first-order chi connectivity index (χ1) is 13.5. The lowest BCUT2D eigenvalue weighted by atomic mass is 9.72. The lowest BCUT2D eigenvalue weighted by Gasteiger charge is -2.38. The van der Waals surface area contributed by atoms with Gasteiger partial charge in [0.15, 0.2) is 0 Å². The molecule has 28 heavy (non-hydrogen) atoms. The maximum Gasteiger partial charge on any atom is 0.270 e. The smallest absolute Gasteiger partial charge is 0.270 e. The van der Waals surface area contributed by atoms with Gasteiger partial charge in [0.05, 0.1) is 5.41 Å². The van der Waals surface area contributed by atoms with Gasteiger partial charge in [-0.25, -0.2) is 0 Å². The Morgan fingerprint density at radius 2 is 1.93 bits per heavy atom. The van der Waals surface area contributed by atoms with Crippen LogP contribution in [-0.2, 0) is 10.2 Å². The zero-order valence-corrected chi connectivity index (χ0v) is 16.3. The lowest BCUT2D eigenvalue weighted by molar-refractivity contribution is -0.122. The normalized spacial score (nSPS) is 17.8. The van der Waals surface area contributed by atoms with E-state index in [1.807, 2.05) is 48.2 Å². The molecule has 2 aromatic carbocycles. The number of benzene rings is 2. The first kappa shape index (κ1) is 17.3. The van der Waals surface area contributed by atoms with Gasteiger partial charge in [0, 0.05) is 34.7 Å². The van der Waals surface area contributed by atoms with Crippen molar-refractivity contribution in [2.75, 3.05) is 18.4 Å². The number of carbonyl (C=O) groups excluding carboxylic acids is 2. The SMILES string of the molecule is Cc1cccc2c1C1(CCN(C(=O)c3cc4cc(Cl)ccc4[nH]3)CC1)C(=O)N2. The summed E-state index contributed by atoms with van der Waals surface area (Å²) in [6.07, 6.45) is 1.27. The highest BCUT2D eigenvalue weighted by Gasteiger charge is 2.49. The van der Waals surface area contributed by atoms with Crippen molar-refractivity contribution in [1.29, 1.82) is 0 Å². The number of nitrogens with one attached hydrogen (secondary N) is 2. The molecule has 0 atom stereocenters. The number of fused-ring (bicyclic) bond motifs is 3. The Morgan fingerprint density at radius 1 is 1.14 bits per heavy atom. The largest absolute Gasteiger partial charge is 0.351 e. The predicted octanol–water partition coefficient (Wildman–Crippen LogP) is 4.26. The monoisotopic (exact) mass is 393 g/mol. The van der Waals surface area contributed by atoms with Gasteiger partial charge in [-0.1, -0.05) is 23.7 Å². The third-order valence-electron chi connectivity index (χ3n) is 6.15. The zero-order valence-electron chi connectivity index (χ0n) is 15.5. The van der Waals surface area contributed by atoms with Gasteiger partial charge in [0.1, 0.15) is 5.69 Å². The van der Waals surface area contributed by atoms with Crippen LogP contribution in [-0.4, -0.2) is 34.8 Å². The number of rotatable bonds is 1. The zero-order chi connectivity index (χ0) is 19.5. The summed E-state index contributed by atoms with van der Waals surface area (Å²) in [5.41, 5.74) is 4.07. The van der Waals surface area contributed by atoms with E-state index in [1.54, 1.807) is 6.07 Å². The summed E-state index contributed by atoms with van der Waals surface area (Å²) < 4.78 is 0. The molecule has 0 bridgehead atoms. The predicted molar refractivity (Wildman–Crippen MR) is 110 cm³/mol. The first-order valence-corrected chi connectivity index (χ1v) is 9.85. The maximum absolute atomic E-state index is 13.0. The first-order valence-electron chi connectivity index (χ1n) is 9.47. The standard InChI is InChI=1S/C22H20ClN3O2/c1-13-3-2-4-17-19(13)22(21(28)25-17)7-9-26(10-8-22)20(27)18-12-14-11-15(23)5-6-16(14)24-18/h2-6,11-12,24H,7-10H2,1H3,(H,25,28). The number of aromatic amines is 1. The van der Waals surface area contributed by atoms with E-state index in [9.17, 15) is 9.59 Å². The minimum atomic E-state index is -0.522. The number of likely N-dealkylation sites (tertiary alicyclic amines) is 1. The Balaban J connectivity index is 1.40. The molecule has 3 aromatic rings. The maximum atomic E-state index is 13.0. The van der Waals surface area contributed by atoms with E-state index in [4.69, 9.17) is 11.6 Å². The number of hydrogen-bond donors (Lipinski definition) is 2.